The minimum Gasteiger partial charge on any atom is -0.455 e. The summed E-state index contributed by atoms with van der Waals surface area (Å²) in [4.78, 5) is 24.7. The molecule has 1 aromatic rings. The summed E-state index contributed by atoms with van der Waals surface area (Å²) in [5.74, 6) is -0.560. The molecule has 1 saturated carbocycles. The van der Waals surface area contributed by atoms with Gasteiger partial charge in [-0.1, -0.05) is 6.07 Å². The van der Waals surface area contributed by atoms with Gasteiger partial charge in [0.05, 0.1) is 10.8 Å². The largest absolute Gasteiger partial charge is 0.455 e. The van der Waals surface area contributed by atoms with E-state index >= 15 is 0 Å². The summed E-state index contributed by atoms with van der Waals surface area (Å²) in [5, 5.41) is 2.86. The van der Waals surface area contributed by atoms with Crippen LogP contribution in [-0.4, -0.2) is 50.3 Å². The molecule has 1 saturated heterocycles. The molecular formula is C23H34N2O5S. The van der Waals surface area contributed by atoms with Gasteiger partial charge >= 0.3 is 5.97 Å². The molecule has 1 aliphatic carbocycles. The van der Waals surface area contributed by atoms with Crippen LogP contribution in [0.2, 0.25) is 0 Å². The highest BCUT2D eigenvalue weighted by molar-refractivity contribution is 7.89. The van der Waals surface area contributed by atoms with Crippen LogP contribution in [0.4, 0.5) is 0 Å². The quantitative estimate of drug-likeness (QED) is 0.645. The highest BCUT2D eigenvalue weighted by atomic mass is 32.2. The lowest BCUT2D eigenvalue weighted by molar-refractivity contribution is -0.153. The van der Waals surface area contributed by atoms with Crippen molar-refractivity contribution in [2.75, 3.05) is 19.7 Å². The van der Waals surface area contributed by atoms with Crippen molar-refractivity contribution < 1.29 is 22.7 Å². The van der Waals surface area contributed by atoms with E-state index in [4.69, 9.17) is 4.74 Å². The molecule has 1 heterocycles. The summed E-state index contributed by atoms with van der Waals surface area (Å²) < 4.78 is 33.4. The van der Waals surface area contributed by atoms with Gasteiger partial charge in [-0.15, -0.1) is 0 Å². The minimum absolute atomic E-state index is 0.108. The first kappa shape index (κ1) is 23.7. The molecule has 0 spiro atoms. The first-order valence-electron chi connectivity index (χ1n) is 11.1. The second-order valence-electron chi connectivity index (χ2n) is 9.07. The molecule has 2 aliphatic rings. The third kappa shape index (κ3) is 5.29. The number of piperidine rings is 1. The molecule has 0 aromatic heterocycles. The van der Waals surface area contributed by atoms with Crippen LogP contribution in [-0.2, 0) is 24.3 Å². The van der Waals surface area contributed by atoms with Gasteiger partial charge in [-0.2, -0.15) is 4.31 Å². The second-order valence-corrected chi connectivity index (χ2v) is 10.9. The fourth-order valence-electron chi connectivity index (χ4n) is 4.29. The van der Waals surface area contributed by atoms with Gasteiger partial charge in [-0.25, -0.2) is 8.42 Å². The molecule has 3 rings (SSSR count). The zero-order chi connectivity index (χ0) is 22.9. The normalized spacial score (nSPS) is 19.1. The molecule has 1 aliphatic heterocycles. The Morgan fingerprint density at radius 3 is 2.13 bits per heavy atom. The standard InChI is InChI=1S/C23H34N2O5S/c1-14-12-15(2)17(4)22(16(14)3)31(28,29)25-10-8-20(9-11-25)23(27)30-13-21(26)24-18(5)19-6-7-19/h12,18-20H,6-11,13H2,1-5H3,(H,24,26). The summed E-state index contributed by atoms with van der Waals surface area (Å²) in [6.45, 7) is 9.73. The number of ether oxygens (including phenoxy) is 1. The highest BCUT2D eigenvalue weighted by Crippen LogP contribution is 2.32. The van der Waals surface area contributed by atoms with Crippen molar-refractivity contribution >= 4 is 21.9 Å². The van der Waals surface area contributed by atoms with E-state index in [0.717, 1.165) is 35.1 Å². The van der Waals surface area contributed by atoms with Crippen LogP contribution in [0, 0.1) is 39.5 Å². The fourth-order valence-corrected chi connectivity index (χ4v) is 6.34. The first-order chi connectivity index (χ1) is 14.5. The average molecular weight is 451 g/mol. The third-order valence-electron chi connectivity index (χ3n) is 6.75. The van der Waals surface area contributed by atoms with Crippen LogP contribution in [0.1, 0.15) is 54.9 Å². The number of nitrogens with zero attached hydrogens (tertiary/aromatic N) is 1. The van der Waals surface area contributed by atoms with Gasteiger partial charge in [-0.3, -0.25) is 9.59 Å². The predicted octanol–water partition coefficient (Wildman–Crippen LogP) is 2.78. The molecule has 2 fully saturated rings. The number of benzene rings is 1. The van der Waals surface area contributed by atoms with E-state index in [-0.39, 0.29) is 37.6 Å². The van der Waals surface area contributed by atoms with Gasteiger partial charge in [-0.05, 0) is 88.5 Å². The topological polar surface area (TPSA) is 92.8 Å². The SMILES string of the molecule is Cc1cc(C)c(C)c(S(=O)(=O)N2CCC(C(=O)OCC(=O)NC(C)C3CC3)CC2)c1C. The lowest BCUT2D eigenvalue weighted by atomic mass is 9.98. The molecule has 0 radical (unpaired) electrons. The average Bonchev–Trinajstić information content (AvgIpc) is 3.56. The van der Waals surface area contributed by atoms with Crippen LogP contribution in [0.25, 0.3) is 0 Å². The van der Waals surface area contributed by atoms with E-state index in [2.05, 4.69) is 5.32 Å². The summed E-state index contributed by atoms with van der Waals surface area (Å²) >= 11 is 0. The fraction of sp³-hybridized carbons (Fsp3) is 0.652. The molecule has 1 N–H and O–H groups in total. The molecule has 172 valence electrons. The Morgan fingerprint density at radius 2 is 1.61 bits per heavy atom. The summed E-state index contributed by atoms with van der Waals surface area (Å²) in [6, 6.07) is 2.12. The first-order valence-corrected chi connectivity index (χ1v) is 12.5. The Hall–Kier alpha value is -1.93. The Balaban J connectivity index is 1.56. The number of amides is 1. The number of sulfonamides is 1. The number of rotatable bonds is 7. The molecule has 1 atom stereocenters. The van der Waals surface area contributed by atoms with Crippen LogP contribution < -0.4 is 5.32 Å². The van der Waals surface area contributed by atoms with E-state index in [1.807, 2.05) is 40.7 Å². The number of carbonyl (C=O) groups excluding carboxylic acids is 2. The van der Waals surface area contributed by atoms with Crippen molar-refractivity contribution in [1.29, 1.82) is 0 Å². The van der Waals surface area contributed by atoms with Crippen molar-refractivity contribution in [1.82, 2.24) is 9.62 Å². The van der Waals surface area contributed by atoms with Gasteiger partial charge in [0, 0.05) is 19.1 Å². The van der Waals surface area contributed by atoms with Crippen LogP contribution in [0.3, 0.4) is 0 Å². The van der Waals surface area contributed by atoms with E-state index in [9.17, 15) is 18.0 Å². The van der Waals surface area contributed by atoms with Gasteiger partial charge < -0.3 is 10.1 Å². The van der Waals surface area contributed by atoms with Crippen molar-refractivity contribution in [3.05, 3.63) is 28.3 Å². The maximum absolute atomic E-state index is 13.3. The van der Waals surface area contributed by atoms with Gasteiger partial charge in [0.2, 0.25) is 10.0 Å². The smallest absolute Gasteiger partial charge is 0.309 e. The lowest BCUT2D eigenvalue weighted by Gasteiger charge is -2.31. The molecular weight excluding hydrogens is 416 g/mol. The van der Waals surface area contributed by atoms with Crippen LogP contribution in [0.15, 0.2) is 11.0 Å². The summed E-state index contributed by atoms with van der Waals surface area (Å²) in [7, 11) is -3.64. The Labute approximate surface area is 185 Å². The summed E-state index contributed by atoms with van der Waals surface area (Å²) in [5.41, 5.74) is 3.45. The highest BCUT2D eigenvalue weighted by Gasteiger charge is 2.35. The van der Waals surface area contributed by atoms with Crippen molar-refractivity contribution in [3.8, 4) is 0 Å². The summed E-state index contributed by atoms with van der Waals surface area (Å²) in [6.07, 6.45) is 3.04. The van der Waals surface area contributed by atoms with Gasteiger partial charge in [0.1, 0.15) is 0 Å². The monoisotopic (exact) mass is 450 g/mol. The predicted molar refractivity (Wildman–Crippen MR) is 118 cm³/mol. The zero-order valence-electron chi connectivity index (χ0n) is 19.2. The van der Waals surface area contributed by atoms with Crippen molar-refractivity contribution in [2.24, 2.45) is 11.8 Å². The lowest BCUT2D eigenvalue weighted by Crippen LogP contribution is -2.42. The van der Waals surface area contributed by atoms with Crippen molar-refractivity contribution in [3.63, 3.8) is 0 Å². The van der Waals surface area contributed by atoms with E-state index in [1.165, 1.54) is 4.31 Å². The molecule has 1 amide bonds. The minimum atomic E-state index is -3.64. The van der Waals surface area contributed by atoms with Crippen molar-refractivity contribution in [2.45, 2.75) is 71.2 Å². The Morgan fingerprint density at radius 1 is 1.06 bits per heavy atom. The molecule has 7 nitrogen and oxygen atoms in total. The molecule has 8 heteroatoms. The molecule has 0 bridgehead atoms. The number of esters is 1. The van der Waals surface area contributed by atoms with E-state index in [0.29, 0.717) is 23.7 Å². The third-order valence-corrected chi connectivity index (χ3v) is 8.92. The molecule has 31 heavy (non-hydrogen) atoms. The number of carbonyl (C=O) groups is 2. The maximum atomic E-state index is 13.3. The van der Waals surface area contributed by atoms with Crippen LogP contribution >= 0.6 is 0 Å². The van der Waals surface area contributed by atoms with E-state index in [1.54, 1.807) is 0 Å². The number of aryl methyl sites for hydroxylation is 2. The maximum Gasteiger partial charge on any atom is 0.309 e. The number of nitrogens with one attached hydrogen (secondary N) is 1. The van der Waals surface area contributed by atoms with Crippen LogP contribution in [0.5, 0.6) is 0 Å². The second kappa shape index (κ2) is 9.28. The zero-order valence-corrected chi connectivity index (χ0v) is 20.0. The Kier molecular flexibility index (Phi) is 7.11. The van der Waals surface area contributed by atoms with E-state index < -0.39 is 16.0 Å². The number of hydrogen-bond donors (Lipinski definition) is 1. The molecule has 1 aromatic carbocycles. The molecule has 1 unspecified atom stereocenters. The van der Waals surface area contributed by atoms with Gasteiger partial charge in [0.15, 0.2) is 6.61 Å². The number of hydrogen-bond acceptors (Lipinski definition) is 5. The van der Waals surface area contributed by atoms with Gasteiger partial charge in [0.25, 0.3) is 5.91 Å². The Bertz CT molecular complexity index is 934.